The maximum Gasteiger partial charge on any atom is 0.117 e. The van der Waals surface area contributed by atoms with E-state index in [4.69, 9.17) is 0 Å². The smallest absolute Gasteiger partial charge is 0.117 e. The molecule has 4 atom stereocenters. The van der Waals surface area contributed by atoms with Gasteiger partial charge in [0.05, 0.1) is 0 Å². The highest BCUT2D eigenvalue weighted by Gasteiger charge is 2.64. The third-order valence-electron chi connectivity index (χ3n) is 5.91. The maximum atomic E-state index is 4.34. The lowest BCUT2D eigenvalue weighted by atomic mass is 10.0. The number of hydrogen-bond donors (Lipinski definition) is 2. The van der Waals surface area contributed by atoms with Crippen LogP contribution in [0.2, 0.25) is 0 Å². The summed E-state index contributed by atoms with van der Waals surface area (Å²) in [6.07, 6.45) is 4.46. The molecule has 3 aliphatic carbocycles. The van der Waals surface area contributed by atoms with E-state index in [1.165, 1.54) is 19.3 Å². The van der Waals surface area contributed by atoms with Crippen molar-refractivity contribution >= 4 is 0 Å². The lowest BCUT2D eigenvalue weighted by Crippen LogP contribution is -2.23. The molecule has 0 radical (unpaired) electrons. The van der Waals surface area contributed by atoms with Crippen LogP contribution in [0.3, 0.4) is 0 Å². The molecule has 3 aliphatic rings. The summed E-state index contributed by atoms with van der Waals surface area (Å²) < 4.78 is 0. The van der Waals surface area contributed by atoms with E-state index in [9.17, 15) is 0 Å². The topological polar surface area (TPSA) is 53.6 Å². The summed E-state index contributed by atoms with van der Waals surface area (Å²) >= 11 is 0. The van der Waals surface area contributed by atoms with Gasteiger partial charge in [-0.15, -0.1) is 0 Å². The predicted octanol–water partition coefficient (Wildman–Crippen LogP) is 2.61. The summed E-state index contributed by atoms with van der Waals surface area (Å²) in [5, 5.41) is 15.2. The number of benzene rings is 1. The number of fused-ring (bicyclic) bond motifs is 5. The lowest BCUT2D eigenvalue weighted by molar-refractivity contribution is 0.456. The Morgan fingerprint density at radius 1 is 1.05 bits per heavy atom. The third-order valence-corrected chi connectivity index (χ3v) is 5.91. The molecule has 4 heteroatoms. The first kappa shape index (κ1) is 11.9. The second-order valence-corrected chi connectivity index (χ2v) is 6.88. The highest BCUT2D eigenvalue weighted by molar-refractivity contribution is 5.60. The summed E-state index contributed by atoms with van der Waals surface area (Å²) in [5.41, 5.74) is 3.16. The van der Waals surface area contributed by atoms with Gasteiger partial charge >= 0.3 is 0 Å². The highest BCUT2D eigenvalue weighted by Crippen LogP contribution is 2.65. The van der Waals surface area contributed by atoms with E-state index in [-0.39, 0.29) is 0 Å². The number of hydrogen-bond acceptors (Lipinski definition) is 3. The number of aromatic amines is 1. The normalized spacial score (nSPS) is 35.9. The van der Waals surface area contributed by atoms with Crippen LogP contribution >= 0.6 is 0 Å². The van der Waals surface area contributed by atoms with Gasteiger partial charge in [-0.3, -0.25) is 0 Å². The average Bonchev–Trinajstić information content (AvgIpc) is 2.94. The molecule has 0 aliphatic heterocycles. The van der Waals surface area contributed by atoms with Crippen LogP contribution in [0.25, 0.3) is 11.3 Å². The molecule has 2 bridgehead atoms. The minimum absolute atomic E-state index is 0.747. The molecule has 0 amide bonds. The van der Waals surface area contributed by atoms with Crippen molar-refractivity contribution in [3.63, 3.8) is 0 Å². The van der Waals surface area contributed by atoms with E-state index in [2.05, 4.69) is 32.9 Å². The highest BCUT2D eigenvalue weighted by atomic mass is 15.3. The molecule has 3 saturated carbocycles. The molecular formula is C17H20N4. The third kappa shape index (κ3) is 1.78. The van der Waals surface area contributed by atoms with Gasteiger partial charge in [0.1, 0.15) is 11.4 Å². The Balaban J connectivity index is 1.30. The molecule has 4 unspecified atom stereocenters. The SMILES string of the molecule is c1ccc(-c2n[nH]nc2CNC2C3C4CCC(C4)C23)cc1. The molecule has 1 heterocycles. The zero-order valence-electron chi connectivity index (χ0n) is 12.0. The van der Waals surface area contributed by atoms with Crippen LogP contribution in [-0.4, -0.2) is 21.5 Å². The molecule has 0 saturated heterocycles. The van der Waals surface area contributed by atoms with Crippen LogP contribution in [-0.2, 0) is 6.54 Å². The van der Waals surface area contributed by atoms with Crippen LogP contribution in [0.1, 0.15) is 25.0 Å². The van der Waals surface area contributed by atoms with Crippen LogP contribution < -0.4 is 5.32 Å². The summed E-state index contributed by atoms with van der Waals surface area (Å²) in [6.45, 7) is 0.831. The van der Waals surface area contributed by atoms with Crippen LogP contribution in [0.5, 0.6) is 0 Å². The first-order chi connectivity index (χ1) is 10.4. The predicted molar refractivity (Wildman–Crippen MR) is 80.3 cm³/mol. The minimum atomic E-state index is 0.747. The van der Waals surface area contributed by atoms with Gasteiger partial charge in [-0.25, -0.2) is 0 Å². The van der Waals surface area contributed by atoms with Crippen molar-refractivity contribution in [1.29, 1.82) is 0 Å². The summed E-state index contributed by atoms with van der Waals surface area (Å²) in [7, 11) is 0. The molecular weight excluding hydrogens is 260 g/mol. The largest absolute Gasteiger partial charge is 0.308 e. The van der Waals surface area contributed by atoms with Crippen LogP contribution in [0.4, 0.5) is 0 Å². The quantitative estimate of drug-likeness (QED) is 0.905. The Bertz CT molecular complexity index is 634. The summed E-state index contributed by atoms with van der Waals surface area (Å²) in [5.74, 6) is 3.97. The fraction of sp³-hybridized carbons (Fsp3) is 0.529. The molecule has 21 heavy (non-hydrogen) atoms. The molecule has 2 aromatic rings. The standard InChI is InChI=1S/C17H20N4/c1-2-4-10(5-3-1)16-13(19-21-20-16)9-18-17-14-11-6-7-12(8-11)15(14)17/h1-5,11-12,14-15,17-18H,6-9H2,(H,19,20,21). The van der Waals surface area contributed by atoms with E-state index < -0.39 is 0 Å². The van der Waals surface area contributed by atoms with Crippen molar-refractivity contribution in [3.05, 3.63) is 36.0 Å². The summed E-state index contributed by atoms with van der Waals surface area (Å²) in [4.78, 5) is 0. The van der Waals surface area contributed by atoms with Crippen molar-refractivity contribution < 1.29 is 0 Å². The van der Waals surface area contributed by atoms with Gasteiger partial charge in [0.25, 0.3) is 0 Å². The van der Waals surface area contributed by atoms with Gasteiger partial charge in [0, 0.05) is 18.2 Å². The zero-order valence-corrected chi connectivity index (χ0v) is 12.0. The van der Waals surface area contributed by atoms with Crippen molar-refractivity contribution in [2.45, 2.75) is 31.8 Å². The molecule has 2 N–H and O–H groups in total. The maximum absolute atomic E-state index is 4.34. The number of H-pyrrole nitrogens is 1. The van der Waals surface area contributed by atoms with E-state index in [0.717, 1.165) is 53.2 Å². The van der Waals surface area contributed by atoms with E-state index >= 15 is 0 Å². The Morgan fingerprint density at radius 3 is 2.57 bits per heavy atom. The van der Waals surface area contributed by atoms with Crippen molar-refractivity contribution in [2.24, 2.45) is 23.7 Å². The Hall–Kier alpha value is -1.68. The van der Waals surface area contributed by atoms with Gasteiger partial charge in [0.2, 0.25) is 0 Å². The van der Waals surface area contributed by atoms with Gasteiger partial charge < -0.3 is 5.32 Å². The first-order valence-corrected chi connectivity index (χ1v) is 8.10. The summed E-state index contributed by atoms with van der Waals surface area (Å²) in [6, 6.07) is 11.1. The zero-order chi connectivity index (χ0) is 13.8. The minimum Gasteiger partial charge on any atom is -0.308 e. The molecule has 4 nitrogen and oxygen atoms in total. The monoisotopic (exact) mass is 280 g/mol. The van der Waals surface area contributed by atoms with Gasteiger partial charge in [0.15, 0.2) is 0 Å². The fourth-order valence-corrected chi connectivity index (χ4v) is 5.02. The first-order valence-electron chi connectivity index (χ1n) is 8.10. The molecule has 1 aromatic carbocycles. The van der Waals surface area contributed by atoms with Gasteiger partial charge in [-0.05, 0) is 42.9 Å². The van der Waals surface area contributed by atoms with E-state index in [0.29, 0.717) is 0 Å². The number of rotatable bonds is 4. The number of nitrogens with one attached hydrogen (secondary N) is 2. The molecule has 5 rings (SSSR count). The van der Waals surface area contributed by atoms with Crippen LogP contribution in [0, 0.1) is 23.7 Å². The molecule has 1 aromatic heterocycles. The van der Waals surface area contributed by atoms with Crippen molar-refractivity contribution in [3.8, 4) is 11.3 Å². The van der Waals surface area contributed by atoms with E-state index in [1.54, 1.807) is 0 Å². The Kier molecular flexibility index (Phi) is 2.50. The Labute approximate surface area is 124 Å². The van der Waals surface area contributed by atoms with Gasteiger partial charge in [-0.1, -0.05) is 30.3 Å². The number of nitrogens with zero attached hydrogens (tertiary/aromatic N) is 2. The fourth-order valence-electron chi connectivity index (χ4n) is 5.02. The second kappa shape index (κ2) is 4.41. The second-order valence-electron chi connectivity index (χ2n) is 6.88. The van der Waals surface area contributed by atoms with Gasteiger partial charge in [-0.2, -0.15) is 15.4 Å². The lowest BCUT2D eigenvalue weighted by Gasteiger charge is -2.09. The molecule has 108 valence electrons. The molecule has 3 fully saturated rings. The Morgan fingerprint density at radius 2 is 1.81 bits per heavy atom. The number of aromatic nitrogens is 3. The van der Waals surface area contributed by atoms with Crippen LogP contribution in [0.15, 0.2) is 30.3 Å². The van der Waals surface area contributed by atoms with Crippen molar-refractivity contribution in [1.82, 2.24) is 20.7 Å². The van der Waals surface area contributed by atoms with E-state index in [1.807, 2.05) is 18.2 Å². The average molecular weight is 280 g/mol. The molecule has 0 spiro atoms. The van der Waals surface area contributed by atoms with Crippen molar-refractivity contribution in [2.75, 3.05) is 0 Å².